The van der Waals surface area contributed by atoms with E-state index in [1.807, 2.05) is 0 Å². The summed E-state index contributed by atoms with van der Waals surface area (Å²) >= 11 is 0. The number of piperidine rings is 1. The van der Waals surface area contributed by atoms with Crippen molar-refractivity contribution in [3.8, 4) is 11.1 Å². The van der Waals surface area contributed by atoms with Gasteiger partial charge in [0.1, 0.15) is 0 Å². The van der Waals surface area contributed by atoms with E-state index >= 15 is 0 Å². The van der Waals surface area contributed by atoms with Crippen molar-refractivity contribution >= 4 is 16.8 Å². The summed E-state index contributed by atoms with van der Waals surface area (Å²) in [4.78, 5) is 22.1. The predicted molar refractivity (Wildman–Crippen MR) is 145 cm³/mol. The van der Waals surface area contributed by atoms with Crippen LogP contribution in [0.3, 0.4) is 0 Å². The molecular weight excluding hydrogens is 446 g/mol. The fourth-order valence-corrected chi connectivity index (χ4v) is 7.38. The molecule has 5 nitrogen and oxygen atoms in total. The summed E-state index contributed by atoms with van der Waals surface area (Å²) in [7, 11) is 2.18. The second kappa shape index (κ2) is 9.68. The molecular formula is C31H39N3O2. The van der Waals surface area contributed by atoms with E-state index < -0.39 is 6.10 Å². The minimum absolute atomic E-state index is 0.0334. The molecule has 0 unspecified atom stereocenters. The number of hydrogen-bond acceptors (Lipinski definition) is 3. The van der Waals surface area contributed by atoms with E-state index in [2.05, 4.69) is 70.4 Å². The Hall–Kier alpha value is -2.63. The number of aromatic amines is 1. The summed E-state index contributed by atoms with van der Waals surface area (Å²) in [5.74, 6) is 0.463. The summed E-state index contributed by atoms with van der Waals surface area (Å²) in [5, 5.41) is 12.0. The average molecular weight is 486 g/mol. The lowest BCUT2D eigenvalue weighted by Gasteiger charge is -2.49. The van der Waals surface area contributed by atoms with Crippen LogP contribution in [-0.4, -0.2) is 58.1 Å². The van der Waals surface area contributed by atoms with Crippen molar-refractivity contribution in [2.75, 3.05) is 20.1 Å². The Labute approximate surface area is 214 Å². The van der Waals surface area contributed by atoms with E-state index in [9.17, 15) is 9.90 Å². The summed E-state index contributed by atoms with van der Waals surface area (Å²) in [5.41, 5.74) is 6.16. The number of benzene rings is 2. The van der Waals surface area contributed by atoms with Crippen molar-refractivity contribution in [2.24, 2.45) is 11.8 Å². The van der Waals surface area contributed by atoms with E-state index in [4.69, 9.17) is 0 Å². The van der Waals surface area contributed by atoms with E-state index in [1.54, 1.807) is 6.92 Å². The molecule has 190 valence electrons. The van der Waals surface area contributed by atoms with Gasteiger partial charge < -0.3 is 19.9 Å². The Balaban J connectivity index is 1.37. The number of aliphatic hydroxyl groups is 1. The fraction of sp³-hybridized carbons (Fsp3) is 0.516. The van der Waals surface area contributed by atoms with Gasteiger partial charge in [-0.05, 0) is 56.7 Å². The molecule has 3 aromatic rings. The van der Waals surface area contributed by atoms with E-state index in [-0.39, 0.29) is 23.9 Å². The van der Waals surface area contributed by atoms with Gasteiger partial charge in [-0.25, -0.2) is 0 Å². The number of amides is 1. The molecule has 1 aliphatic carbocycles. The van der Waals surface area contributed by atoms with Crippen molar-refractivity contribution in [1.82, 2.24) is 14.8 Å². The number of aromatic nitrogens is 1. The monoisotopic (exact) mass is 485 g/mol. The van der Waals surface area contributed by atoms with Crippen LogP contribution < -0.4 is 0 Å². The molecule has 0 radical (unpaired) electrons. The number of H-pyrrole nitrogens is 1. The number of nitrogens with zero attached hydrogens (tertiary/aromatic N) is 2. The maximum Gasteiger partial charge on any atom is 0.230 e. The minimum Gasteiger partial charge on any atom is -0.393 e. The van der Waals surface area contributed by atoms with Crippen molar-refractivity contribution in [3.05, 3.63) is 59.8 Å². The summed E-state index contributed by atoms with van der Waals surface area (Å²) in [6, 6.07) is 17.2. The molecule has 0 spiro atoms. The van der Waals surface area contributed by atoms with Crippen LogP contribution in [0.15, 0.2) is 48.5 Å². The van der Waals surface area contributed by atoms with Gasteiger partial charge >= 0.3 is 0 Å². The molecule has 1 saturated heterocycles. The predicted octanol–water partition coefficient (Wildman–Crippen LogP) is 5.54. The molecule has 2 fully saturated rings. The van der Waals surface area contributed by atoms with Gasteiger partial charge in [0.2, 0.25) is 5.91 Å². The highest BCUT2D eigenvalue weighted by Crippen LogP contribution is 2.45. The standard InChI is InChI=1S/C31H39N3O2/c1-20(35)28-26(33(2)19-21-10-5-3-6-11-21)18-27-30-25(16-17-34(27)31(28)36)24-15-9-14-23(29(24)32-30)22-12-7-4-8-13-22/h4,7-9,12-15,20-21,26-28,32,35H,3,5-6,10-11,16-19H2,1-2H3/t20-,26-,27-,28-/m0/s1. The zero-order valence-electron chi connectivity index (χ0n) is 21.6. The minimum atomic E-state index is -0.647. The van der Waals surface area contributed by atoms with Gasteiger partial charge in [0, 0.05) is 35.8 Å². The van der Waals surface area contributed by atoms with E-state index in [0.29, 0.717) is 5.92 Å². The molecule has 5 heteroatoms. The molecule has 1 amide bonds. The fourth-order valence-electron chi connectivity index (χ4n) is 7.38. The van der Waals surface area contributed by atoms with Crippen LogP contribution in [0.2, 0.25) is 0 Å². The SMILES string of the molecule is C[C@H](O)[C@@H]1C(=O)N2CCc3c([nH]c4c(-c5ccccc5)cccc34)[C@@H]2C[C@@H]1N(C)CC1CCCCC1. The highest BCUT2D eigenvalue weighted by atomic mass is 16.3. The Morgan fingerprint density at radius 2 is 1.86 bits per heavy atom. The normalized spacial score (nSPS) is 25.7. The number of rotatable bonds is 5. The quantitative estimate of drug-likeness (QED) is 0.499. The molecule has 3 aliphatic rings. The van der Waals surface area contributed by atoms with Crippen molar-refractivity contribution in [3.63, 3.8) is 0 Å². The van der Waals surface area contributed by atoms with Crippen molar-refractivity contribution in [2.45, 2.75) is 70.1 Å². The van der Waals surface area contributed by atoms with Crippen LogP contribution in [-0.2, 0) is 11.2 Å². The number of fused-ring (bicyclic) bond motifs is 5. The third kappa shape index (κ3) is 4.06. The number of aliphatic hydroxyl groups excluding tert-OH is 1. The first kappa shape index (κ1) is 23.7. The van der Waals surface area contributed by atoms with Gasteiger partial charge in [0.05, 0.1) is 23.6 Å². The summed E-state index contributed by atoms with van der Waals surface area (Å²) in [6.45, 7) is 3.54. The topological polar surface area (TPSA) is 59.6 Å². The third-order valence-electron chi connectivity index (χ3n) is 9.18. The van der Waals surface area contributed by atoms with E-state index in [0.717, 1.165) is 25.9 Å². The van der Waals surface area contributed by atoms with Crippen molar-refractivity contribution < 1.29 is 9.90 Å². The Bertz CT molecular complexity index is 1230. The molecule has 36 heavy (non-hydrogen) atoms. The number of hydrogen-bond donors (Lipinski definition) is 2. The average Bonchev–Trinajstić information content (AvgIpc) is 3.29. The lowest BCUT2D eigenvalue weighted by molar-refractivity contribution is -0.153. The molecule has 2 aromatic carbocycles. The zero-order chi connectivity index (χ0) is 24.8. The summed E-state index contributed by atoms with van der Waals surface area (Å²) in [6.07, 6.45) is 7.63. The second-order valence-electron chi connectivity index (χ2n) is 11.4. The molecule has 1 aromatic heterocycles. The second-order valence-corrected chi connectivity index (χ2v) is 11.4. The molecule has 4 atom stereocenters. The van der Waals surface area contributed by atoms with Crippen LogP contribution in [0.1, 0.15) is 62.7 Å². The smallest absolute Gasteiger partial charge is 0.230 e. The molecule has 2 N–H and O–H groups in total. The Morgan fingerprint density at radius 1 is 1.08 bits per heavy atom. The lowest BCUT2D eigenvalue weighted by atomic mass is 9.78. The molecule has 1 saturated carbocycles. The largest absolute Gasteiger partial charge is 0.393 e. The van der Waals surface area contributed by atoms with Crippen LogP contribution in [0.4, 0.5) is 0 Å². The zero-order valence-corrected chi connectivity index (χ0v) is 21.6. The molecule has 0 bridgehead atoms. The Morgan fingerprint density at radius 3 is 2.61 bits per heavy atom. The van der Waals surface area contributed by atoms with E-state index in [1.165, 1.54) is 65.4 Å². The van der Waals surface area contributed by atoms with Crippen LogP contribution in [0.25, 0.3) is 22.0 Å². The first-order chi connectivity index (χ1) is 17.5. The van der Waals surface area contributed by atoms with Gasteiger partial charge in [-0.1, -0.05) is 67.8 Å². The number of nitrogens with one attached hydrogen (secondary N) is 1. The maximum atomic E-state index is 13.8. The number of carbonyl (C=O) groups is 1. The first-order valence-corrected chi connectivity index (χ1v) is 13.9. The van der Waals surface area contributed by atoms with Gasteiger partial charge in [-0.3, -0.25) is 4.79 Å². The van der Waals surface area contributed by atoms with Gasteiger partial charge in [0.25, 0.3) is 0 Å². The van der Waals surface area contributed by atoms with Crippen molar-refractivity contribution in [1.29, 1.82) is 0 Å². The van der Waals surface area contributed by atoms with Gasteiger partial charge in [-0.15, -0.1) is 0 Å². The number of para-hydroxylation sites is 1. The Kier molecular flexibility index (Phi) is 6.38. The highest BCUT2D eigenvalue weighted by Gasteiger charge is 2.48. The maximum absolute atomic E-state index is 13.8. The molecule has 3 heterocycles. The highest BCUT2D eigenvalue weighted by molar-refractivity contribution is 5.97. The third-order valence-corrected chi connectivity index (χ3v) is 9.18. The first-order valence-electron chi connectivity index (χ1n) is 13.9. The van der Waals surface area contributed by atoms with Crippen LogP contribution in [0.5, 0.6) is 0 Å². The van der Waals surface area contributed by atoms with Crippen LogP contribution >= 0.6 is 0 Å². The number of carbonyl (C=O) groups excluding carboxylic acids is 1. The lowest BCUT2D eigenvalue weighted by Crippen LogP contribution is -2.59. The molecule has 2 aliphatic heterocycles. The molecule has 6 rings (SSSR count). The van der Waals surface area contributed by atoms with Gasteiger partial charge in [0.15, 0.2) is 0 Å². The van der Waals surface area contributed by atoms with Crippen LogP contribution in [0, 0.1) is 11.8 Å². The van der Waals surface area contributed by atoms with Gasteiger partial charge in [-0.2, -0.15) is 0 Å². The summed E-state index contributed by atoms with van der Waals surface area (Å²) < 4.78 is 0.